The van der Waals surface area contributed by atoms with Gasteiger partial charge in [0.1, 0.15) is 4.83 Å². The first-order chi connectivity index (χ1) is 13.6. The molecule has 1 aliphatic carbocycles. The van der Waals surface area contributed by atoms with Crippen molar-refractivity contribution in [2.75, 3.05) is 0 Å². The molecule has 0 radical (unpaired) electrons. The van der Waals surface area contributed by atoms with Crippen molar-refractivity contribution in [1.29, 1.82) is 0 Å². The van der Waals surface area contributed by atoms with E-state index in [-0.39, 0.29) is 12.1 Å². The molecule has 1 aromatic carbocycles. The largest absolute Gasteiger partial charge is 0.256 e. The average Bonchev–Trinajstić information content (AvgIpc) is 3.09. The molecule has 0 amide bonds. The van der Waals surface area contributed by atoms with Crippen molar-refractivity contribution < 1.29 is 4.11 Å². The van der Waals surface area contributed by atoms with Gasteiger partial charge in [0.2, 0.25) is 0 Å². The molecule has 0 bridgehead atoms. The molecule has 25 heavy (non-hydrogen) atoms. The summed E-state index contributed by atoms with van der Waals surface area (Å²) >= 11 is 1.60. The van der Waals surface area contributed by atoms with E-state index in [4.69, 9.17) is 9.10 Å². The second kappa shape index (κ2) is 6.23. The molecule has 0 aliphatic heterocycles. The Morgan fingerprint density at radius 3 is 2.88 bits per heavy atom. The highest BCUT2D eigenvalue weighted by molar-refractivity contribution is 7.26. The smallest absolute Gasteiger partial charge is 0.124 e. The van der Waals surface area contributed by atoms with Crippen LogP contribution in [0.25, 0.3) is 31.6 Å². The topological polar surface area (TPSA) is 25.8 Å². The van der Waals surface area contributed by atoms with Crippen LogP contribution in [-0.2, 0) is 0 Å². The van der Waals surface area contributed by atoms with Gasteiger partial charge in [0.25, 0.3) is 0 Å². The lowest BCUT2D eigenvalue weighted by Gasteiger charge is -2.20. The molecule has 1 fully saturated rings. The Labute approximate surface area is 155 Å². The predicted molar refractivity (Wildman–Crippen MR) is 106 cm³/mol. The molecule has 0 spiro atoms. The van der Waals surface area contributed by atoms with Crippen LogP contribution in [-0.4, -0.2) is 9.97 Å². The minimum absolute atomic E-state index is 0.147. The van der Waals surface area contributed by atoms with Crippen LogP contribution in [0.15, 0.2) is 54.7 Å². The van der Waals surface area contributed by atoms with E-state index in [1.807, 2.05) is 18.2 Å². The molecule has 0 unspecified atom stereocenters. The van der Waals surface area contributed by atoms with Crippen molar-refractivity contribution in [2.24, 2.45) is 0 Å². The van der Waals surface area contributed by atoms with Gasteiger partial charge in [0.15, 0.2) is 0 Å². The van der Waals surface area contributed by atoms with Gasteiger partial charge in [-0.15, -0.1) is 11.3 Å². The number of pyridine rings is 2. The molecule has 3 heteroatoms. The number of rotatable bonds is 2. The Bertz CT molecular complexity index is 1200. The first-order valence-electron chi connectivity index (χ1n) is 10.3. The number of hydrogen-bond donors (Lipinski definition) is 0. The maximum atomic E-state index is 8.89. The van der Waals surface area contributed by atoms with Crippen LogP contribution < -0.4 is 0 Å². The Hall–Kier alpha value is -2.26. The Morgan fingerprint density at radius 1 is 1.04 bits per heavy atom. The van der Waals surface area contributed by atoms with E-state index in [2.05, 4.69) is 17.1 Å². The summed E-state index contributed by atoms with van der Waals surface area (Å²) in [5, 5.41) is 2.18. The molecule has 124 valence electrons. The van der Waals surface area contributed by atoms with Crippen LogP contribution >= 0.6 is 11.3 Å². The zero-order valence-corrected chi connectivity index (χ0v) is 14.7. The number of thiophene rings is 1. The summed E-state index contributed by atoms with van der Waals surface area (Å²) < 4.78 is 26.1. The van der Waals surface area contributed by atoms with Crippen LogP contribution in [0.5, 0.6) is 0 Å². The Kier molecular flexibility index (Phi) is 3.03. The summed E-state index contributed by atoms with van der Waals surface area (Å²) in [5.41, 5.74) is 2.29. The standard InChI is InChI=1S/C22H20N2S/c1-2-7-15(8-3-1)19-13-12-17-16-9-6-10-18(20-11-4-5-14-23-20)21(16)25-22(17)24-19/h4-6,9-15H,1-3,7-8H2/i4D,11D,15D. The molecule has 2 nitrogen and oxygen atoms in total. The van der Waals surface area contributed by atoms with Crippen molar-refractivity contribution in [3.8, 4) is 11.3 Å². The molecule has 0 atom stereocenters. The molecule has 1 saturated carbocycles. The van der Waals surface area contributed by atoms with E-state index in [9.17, 15) is 0 Å². The van der Waals surface area contributed by atoms with Crippen LogP contribution in [0.4, 0.5) is 0 Å². The van der Waals surface area contributed by atoms with E-state index in [1.165, 1.54) is 6.42 Å². The van der Waals surface area contributed by atoms with Gasteiger partial charge in [0, 0.05) is 40.2 Å². The summed E-state index contributed by atoms with van der Waals surface area (Å²) in [6, 6.07) is 12.0. The summed E-state index contributed by atoms with van der Waals surface area (Å²) in [5.74, 6) is -0.569. The highest BCUT2D eigenvalue weighted by Gasteiger charge is 2.18. The minimum atomic E-state index is -0.569. The summed E-state index contributed by atoms with van der Waals surface area (Å²) in [4.78, 5) is 10.2. The first-order valence-corrected chi connectivity index (χ1v) is 9.64. The number of benzene rings is 1. The Morgan fingerprint density at radius 2 is 1.96 bits per heavy atom. The SMILES string of the molecule is [2H]c1ccnc(-c2cccc3c2sc2nc(C4([2H])CCCCC4)ccc23)c1[2H]. The minimum Gasteiger partial charge on any atom is -0.256 e. The lowest BCUT2D eigenvalue weighted by atomic mass is 9.86. The molecule has 5 rings (SSSR count). The third-order valence-corrected chi connectivity index (χ3v) is 6.14. The predicted octanol–water partition coefficient (Wildman–Crippen LogP) is 6.56. The highest BCUT2D eigenvalue weighted by Crippen LogP contribution is 2.40. The second-order valence-corrected chi connectivity index (χ2v) is 7.56. The van der Waals surface area contributed by atoms with Gasteiger partial charge in [-0.25, -0.2) is 4.98 Å². The summed E-state index contributed by atoms with van der Waals surface area (Å²) in [6.07, 6.45) is 6.76. The Balaban J connectivity index is 1.71. The molecule has 1 aliphatic rings. The third-order valence-electron chi connectivity index (χ3n) is 4.99. The average molecular weight is 348 g/mol. The lowest BCUT2D eigenvalue weighted by Crippen LogP contribution is -2.05. The van der Waals surface area contributed by atoms with E-state index in [0.29, 0.717) is 5.69 Å². The fourth-order valence-electron chi connectivity index (χ4n) is 3.73. The van der Waals surface area contributed by atoms with Gasteiger partial charge in [-0.3, -0.25) is 4.98 Å². The highest BCUT2D eigenvalue weighted by atomic mass is 32.1. The molecule has 0 N–H and O–H groups in total. The van der Waals surface area contributed by atoms with Crippen molar-refractivity contribution >= 4 is 31.6 Å². The number of fused-ring (bicyclic) bond motifs is 3. The van der Waals surface area contributed by atoms with Crippen molar-refractivity contribution in [3.63, 3.8) is 0 Å². The molecule has 3 aromatic heterocycles. The van der Waals surface area contributed by atoms with Gasteiger partial charge in [-0.1, -0.05) is 43.5 Å². The van der Waals surface area contributed by atoms with Crippen molar-refractivity contribution in [2.45, 2.75) is 38.0 Å². The van der Waals surface area contributed by atoms with E-state index in [1.54, 1.807) is 23.6 Å². The van der Waals surface area contributed by atoms with E-state index in [0.717, 1.165) is 57.2 Å². The van der Waals surface area contributed by atoms with Gasteiger partial charge in [0.05, 0.1) is 8.44 Å². The van der Waals surface area contributed by atoms with Crippen molar-refractivity contribution in [1.82, 2.24) is 9.97 Å². The van der Waals surface area contributed by atoms with Gasteiger partial charge in [-0.2, -0.15) is 0 Å². The van der Waals surface area contributed by atoms with Crippen LogP contribution in [0, 0.1) is 0 Å². The normalized spacial score (nSPS) is 18.8. The maximum absolute atomic E-state index is 8.89. The fourth-order valence-corrected chi connectivity index (χ4v) is 4.91. The van der Waals surface area contributed by atoms with Gasteiger partial charge < -0.3 is 0 Å². The summed E-state index contributed by atoms with van der Waals surface area (Å²) in [7, 11) is 0. The van der Waals surface area contributed by atoms with Crippen molar-refractivity contribution in [3.05, 3.63) is 60.4 Å². The summed E-state index contributed by atoms with van der Waals surface area (Å²) in [6.45, 7) is 0. The number of hydrogen-bond acceptors (Lipinski definition) is 3. The fraction of sp³-hybridized carbons (Fsp3) is 0.273. The number of nitrogens with zero attached hydrogens (tertiary/aromatic N) is 2. The van der Waals surface area contributed by atoms with Gasteiger partial charge >= 0.3 is 0 Å². The second-order valence-electron chi connectivity index (χ2n) is 6.56. The molecular formula is C22H20N2S. The molecule has 4 aromatic rings. The van der Waals surface area contributed by atoms with Crippen LogP contribution in [0.2, 0.25) is 0 Å². The molecule has 0 saturated heterocycles. The lowest BCUT2D eigenvalue weighted by molar-refractivity contribution is 0.437. The van der Waals surface area contributed by atoms with E-state index >= 15 is 0 Å². The van der Waals surface area contributed by atoms with Crippen LogP contribution in [0.3, 0.4) is 0 Å². The van der Waals surface area contributed by atoms with Crippen LogP contribution in [0.1, 0.15) is 47.8 Å². The maximum Gasteiger partial charge on any atom is 0.124 e. The molecule has 3 heterocycles. The zero-order valence-electron chi connectivity index (χ0n) is 16.9. The van der Waals surface area contributed by atoms with Gasteiger partial charge in [-0.05, 0) is 37.1 Å². The first kappa shape index (κ1) is 12.2. The quantitative estimate of drug-likeness (QED) is 0.410. The molecular weight excluding hydrogens is 324 g/mol. The number of aromatic nitrogens is 2. The third kappa shape index (κ3) is 2.63. The monoisotopic (exact) mass is 347 g/mol. The zero-order chi connectivity index (χ0) is 19.3. The van der Waals surface area contributed by atoms with E-state index < -0.39 is 5.89 Å².